The highest BCUT2D eigenvalue weighted by molar-refractivity contribution is 5.94. The SMILES string of the molecule is O=C(c1n[nH]c2c1CCCC2)N1CCc2n[nH]c(=O)cc2C1. The molecule has 1 amide bonds. The van der Waals surface area contributed by atoms with E-state index in [0.29, 0.717) is 25.2 Å². The van der Waals surface area contributed by atoms with Crippen LogP contribution in [0.1, 0.15) is 45.8 Å². The van der Waals surface area contributed by atoms with Crippen molar-refractivity contribution < 1.29 is 4.79 Å². The van der Waals surface area contributed by atoms with Crippen molar-refractivity contribution in [2.75, 3.05) is 6.54 Å². The second-order valence-electron chi connectivity index (χ2n) is 5.92. The maximum atomic E-state index is 12.8. The summed E-state index contributed by atoms with van der Waals surface area (Å²) in [5.74, 6) is -0.0506. The van der Waals surface area contributed by atoms with Crippen molar-refractivity contribution in [3.8, 4) is 0 Å². The Kier molecular flexibility index (Phi) is 3.06. The Labute approximate surface area is 126 Å². The van der Waals surface area contributed by atoms with Crippen LogP contribution in [-0.4, -0.2) is 37.7 Å². The van der Waals surface area contributed by atoms with Gasteiger partial charge in [-0.25, -0.2) is 5.10 Å². The first-order chi connectivity index (χ1) is 10.7. The molecule has 0 radical (unpaired) electrons. The number of nitrogens with one attached hydrogen (secondary N) is 2. The van der Waals surface area contributed by atoms with Crippen LogP contribution in [0.15, 0.2) is 10.9 Å². The lowest BCUT2D eigenvalue weighted by Crippen LogP contribution is -2.38. The third-order valence-electron chi connectivity index (χ3n) is 4.50. The summed E-state index contributed by atoms with van der Waals surface area (Å²) in [5, 5.41) is 13.8. The quantitative estimate of drug-likeness (QED) is 0.805. The molecule has 0 aromatic carbocycles. The number of nitrogens with zero attached hydrogens (tertiary/aromatic N) is 3. The molecular formula is C15H17N5O2. The molecular weight excluding hydrogens is 282 g/mol. The summed E-state index contributed by atoms with van der Waals surface area (Å²) in [6.07, 6.45) is 4.80. The number of carbonyl (C=O) groups excluding carboxylic acids is 1. The Morgan fingerprint density at radius 2 is 2.00 bits per heavy atom. The summed E-state index contributed by atoms with van der Waals surface area (Å²) in [5.41, 5.74) is 4.19. The van der Waals surface area contributed by atoms with Crippen LogP contribution in [0.3, 0.4) is 0 Å². The number of rotatable bonds is 1. The molecule has 0 unspecified atom stereocenters. The van der Waals surface area contributed by atoms with Crippen LogP contribution < -0.4 is 5.56 Å². The number of amides is 1. The third kappa shape index (κ3) is 2.13. The number of fused-ring (bicyclic) bond motifs is 2. The van der Waals surface area contributed by atoms with Gasteiger partial charge in [0.25, 0.3) is 11.5 Å². The molecule has 1 aliphatic heterocycles. The molecule has 2 aromatic rings. The molecule has 0 saturated heterocycles. The molecule has 7 heteroatoms. The van der Waals surface area contributed by atoms with Gasteiger partial charge in [-0.15, -0.1) is 0 Å². The molecule has 2 N–H and O–H groups in total. The molecule has 0 atom stereocenters. The highest BCUT2D eigenvalue weighted by Gasteiger charge is 2.28. The Balaban J connectivity index is 1.62. The molecule has 0 saturated carbocycles. The fourth-order valence-corrected chi connectivity index (χ4v) is 3.33. The second-order valence-corrected chi connectivity index (χ2v) is 5.92. The van der Waals surface area contributed by atoms with E-state index < -0.39 is 0 Å². The standard InChI is InChI=1S/C15H17N5O2/c21-13-7-9-8-20(6-5-11(9)16-18-13)15(22)14-10-3-1-2-4-12(10)17-19-14/h7H,1-6,8H2,(H,17,19)(H,18,21). The number of aryl methyl sites for hydroxylation is 1. The molecule has 4 rings (SSSR count). The minimum Gasteiger partial charge on any atom is -0.332 e. The molecule has 7 nitrogen and oxygen atoms in total. The summed E-state index contributed by atoms with van der Waals surface area (Å²) >= 11 is 0. The van der Waals surface area contributed by atoms with Crippen molar-refractivity contribution in [2.45, 2.75) is 38.6 Å². The third-order valence-corrected chi connectivity index (χ3v) is 4.50. The summed E-state index contributed by atoms with van der Waals surface area (Å²) in [6, 6.07) is 1.53. The predicted octanol–water partition coefficient (Wildman–Crippen LogP) is 0.570. The second kappa shape index (κ2) is 5.08. The number of H-pyrrole nitrogens is 2. The largest absolute Gasteiger partial charge is 0.332 e. The van der Waals surface area contributed by atoms with Crippen LogP contribution in [0.5, 0.6) is 0 Å². The first kappa shape index (κ1) is 13.2. The number of carbonyl (C=O) groups is 1. The van der Waals surface area contributed by atoms with Crippen molar-refractivity contribution in [3.63, 3.8) is 0 Å². The minimum atomic E-state index is -0.231. The van der Waals surface area contributed by atoms with Crippen molar-refractivity contribution in [2.24, 2.45) is 0 Å². The molecule has 0 fully saturated rings. The minimum absolute atomic E-state index is 0.0506. The first-order valence-corrected chi connectivity index (χ1v) is 7.65. The van der Waals surface area contributed by atoms with E-state index in [4.69, 9.17) is 0 Å². The van der Waals surface area contributed by atoms with E-state index >= 15 is 0 Å². The zero-order valence-electron chi connectivity index (χ0n) is 12.2. The Bertz CT molecular complexity index is 791. The van der Waals surface area contributed by atoms with E-state index in [1.165, 1.54) is 6.07 Å². The zero-order valence-corrected chi connectivity index (χ0v) is 12.2. The highest BCUT2D eigenvalue weighted by Crippen LogP contribution is 2.24. The molecule has 0 spiro atoms. The fraction of sp³-hybridized carbons (Fsp3) is 0.467. The monoisotopic (exact) mass is 299 g/mol. The van der Waals surface area contributed by atoms with E-state index in [1.807, 2.05) is 0 Å². The van der Waals surface area contributed by atoms with Gasteiger partial charge in [0.1, 0.15) is 0 Å². The van der Waals surface area contributed by atoms with E-state index in [1.54, 1.807) is 4.90 Å². The number of hydrogen-bond donors (Lipinski definition) is 2. The lowest BCUT2D eigenvalue weighted by Gasteiger charge is -2.27. The normalized spacial score (nSPS) is 17.0. The first-order valence-electron chi connectivity index (χ1n) is 7.65. The lowest BCUT2D eigenvalue weighted by atomic mass is 9.95. The zero-order chi connectivity index (χ0) is 15.1. The van der Waals surface area contributed by atoms with Gasteiger partial charge < -0.3 is 4.90 Å². The number of aromatic nitrogens is 4. The Morgan fingerprint density at radius 3 is 2.91 bits per heavy atom. The van der Waals surface area contributed by atoms with Gasteiger partial charge in [-0.3, -0.25) is 14.7 Å². The molecule has 0 bridgehead atoms. The van der Waals surface area contributed by atoms with E-state index in [-0.39, 0.29) is 11.5 Å². The van der Waals surface area contributed by atoms with Gasteiger partial charge in [-0.1, -0.05) is 0 Å². The maximum absolute atomic E-state index is 12.8. The maximum Gasteiger partial charge on any atom is 0.274 e. The van der Waals surface area contributed by atoms with Crippen LogP contribution in [-0.2, 0) is 25.8 Å². The summed E-state index contributed by atoms with van der Waals surface area (Å²) in [4.78, 5) is 25.9. The van der Waals surface area contributed by atoms with E-state index in [9.17, 15) is 9.59 Å². The van der Waals surface area contributed by atoms with Crippen LogP contribution in [0.25, 0.3) is 0 Å². The highest BCUT2D eigenvalue weighted by atomic mass is 16.2. The van der Waals surface area contributed by atoms with Gasteiger partial charge in [0, 0.05) is 42.4 Å². The topological polar surface area (TPSA) is 94.7 Å². The van der Waals surface area contributed by atoms with Crippen LogP contribution >= 0.6 is 0 Å². The van der Waals surface area contributed by atoms with Gasteiger partial charge in [0.15, 0.2) is 5.69 Å². The summed E-state index contributed by atoms with van der Waals surface area (Å²) < 4.78 is 0. The molecule has 22 heavy (non-hydrogen) atoms. The van der Waals surface area contributed by atoms with E-state index in [2.05, 4.69) is 20.4 Å². The Morgan fingerprint density at radius 1 is 1.14 bits per heavy atom. The average molecular weight is 299 g/mol. The lowest BCUT2D eigenvalue weighted by molar-refractivity contribution is 0.0725. The van der Waals surface area contributed by atoms with Crippen LogP contribution in [0.2, 0.25) is 0 Å². The van der Waals surface area contributed by atoms with Crippen molar-refractivity contribution in [3.05, 3.63) is 44.6 Å². The smallest absolute Gasteiger partial charge is 0.274 e. The van der Waals surface area contributed by atoms with Gasteiger partial charge in [-0.05, 0) is 25.7 Å². The molecule has 1 aliphatic carbocycles. The van der Waals surface area contributed by atoms with Crippen molar-refractivity contribution >= 4 is 5.91 Å². The van der Waals surface area contributed by atoms with Crippen LogP contribution in [0.4, 0.5) is 0 Å². The molecule has 3 heterocycles. The number of hydrogen-bond acceptors (Lipinski definition) is 4. The van der Waals surface area contributed by atoms with Gasteiger partial charge in [-0.2, -0.15) is 10.2 Å². The van der Waals surface area contributed by atoms with Crippen LogP contribution in [0, 0.1) is 0 Å². The predicted molar refractivity (Wildman–Crippen MR) is 78.5 cm³/mol. The van der Waals surface area contributed by atoms with Gasteiger partial charge >= 0.3 is 0 Å². The van der Waals surface area contributed by atoms with E-state index in [0.717, 1.165) is 48.2 Å². The molecule has 2 aliphatic rings. The van der Waals surface area contributed by atoms with Gasteiger partial charge in [0.2, 0.25) is 0 Å². The average Bonchev–Trinajstić information content (AvgIpc) is 2.97. The Hall–Kier alpha value is -2.44. The van der Waals surface area contributed by atoms with Crippen molar-refractivity contribution in [1.29, 1.82) is 0 Å². The number of aromatic amines is 2. The van der Waals surface area contributed by atoms with Gasteiger partial charge in [0.05, 0.1) is 5.69 Å². The van der Waals surface area contributed by atoms with Crippen molar-refractivity contribution in [1.82, 2.24) is 25.3 Å². The summed E-state index contributed by atoms with van der Waals surface area (Å²) in [6.45, 7) is 1.03. The molecule has 114 valence electrons. The fourth-order valence-electron chi connectivity index (χ4n) is 3.33. The molecule has 2 aromatic heterocycles. The summed E-state index contributed by atoms with van der Waals surface area (Å²) in [7, 11) is 0.